The molecule has 2 heterocycles. The van der Waals surface area contributed by atoms with Gasteiger partial charge in [-0.25, -0.2) is 0 Å². The van der Waals surface area contributed by atoms with Crippen LogP contribution in [0, 0.1) is 0 Å². The lowest BCUT2D eigenvalue weighted by Gasteiger charge is -2.25. The predicted octanol–water partition coefficient (Wildman–Crippen LogP) is 6.20. The van der Waals surface area contributed by atoms with E-state index in [1.54, 1.807) is 24.2 Å². The molecule has 1 aliphatic rings. The Kier molecular flexibility index (Phi) is 4.59. The molecule has 2 aromatic carbocycles. The third-order valence-corrected chi connectivity index (χ3v) is 5.39. The molecule has 0 saturated heterocycles. The fraction of sp³-hybridized carbons (Fsp3) is 0. The van der Waals surface area contributed by atoms with Gasteiger partial charge in [0.25, 0.3) is 0 Å². The highest BCUT2D eigenvalue weighted by molar-refractivity contribution is 8.06. The molecule has 0 saturated carbocycles. The van der Waals surface area contributed by atoms with E-state index in [1.165, 1.54) is 0 Å². The molecule has 25 heavy (non-hydrogen) atoms. The summed E-state index contributed by atoms with van der Waals surface area (Å²) < 4.78 is 0. The molecule has 0 radical (unpaired) electrons. The zero-order valence-electron chi connectivity index (χ0n) is 13.3. The number of hydrogen-bond donors (Lipinski definition) is 0. The first-order valence-corrected chi connectivity index (χ1v) is 9.18. The Morgan fingerprint density at radius 3 is 2.16 bits per heavy atom. The van der Waals surface area contributed by atoms with E-state index in [4.69, 9.17) is 11.6 Å². The number of halogens is 1. The second-order valence-electron chi connectivity index (χ2n) is 5.51. The van der Waals surface area contributed by atoms with Gasteiger partial charge in [-0.3, -0.25) is 4.98 Å². The lowest BCUT2D eigenvalue weighted by molar-refractivity contribution is 1.28. The summed E-state index contributed by atoms with van der Waals surface area (Å²) in [6.45, 7) is 0. The van der Waals surface area contributed by atoms with Crippen LogP contribution in [0.25, 0.3) is 10.7 Å². The van der Waals surface area contributed by atoms with Gasteiger partial charge in [-0.1, -0.05) is 71.9 Å². The monoisotopic (exact) mass is 362 g/mol. The molecular formula is C21H15ClN2S. The number of benzene rings is 2. The van der Waals surface area contributed by atoms with E-state index in [1.807, 2.05) is 36.4 Å². The maximum Gasteiger partial charge on any atom is 0.104 e. The smallest absolute Gasteiger partial charge is 0.104 e. The van der Waals surface area contributed by atoms with Crippen molar-refractivity contribution in [3.63, 3.8) is 0 Å². The van der Waals surface area contributed by atoms with Gasteiger partial charge >= 0.3 is 0 Å². The van der Waals surface area contributed by atoms with Gasteiger partial charge in [-0.2, -0.15) is 0 Å². The van der Waals surface area contributed by atoms with Gasteiger partial charge in [-0.05, 0) is 35.4 Å². The number of nitrogens with zero attached hydrogens (tertiary/aromatic N) is 2. The Balaban J connectivity index is 1.84. The van der Waals surface area contributed by atoms with Crippen LogP contribution in [0.1, 0.15) is 11.1 Å². The van der Waals surface area contributed by atoms with Gasteiger partial charge in [0.1, 0.15) is 5.03 Å². The van der Waals surface area contributed by atoms with Crippen molar-refractivity contribution >= 4 is 39.8 Å². The van der Waals surface area contributed by atoms with Gasteiger partial charge in [-0.15, -0.1) is 0 Å². The van der Waals surface area contributed by atoms with E-state index in [9.17, 15) is 0 Å². The number of thioether (sulfide) groups is 1. The standard InChI is InChI=1S/C21H15ClN2S/c22-20(17-11-13-23-14-12-17)21-24(18-9-5-2-6-10-18)19(15-25-21)16-7-3-1-4-8-16/h1-15H/b21-20+. The molecule has 3 aromatic rings. The molecule has 122 valence electrons. The van der Waals surface area contributed by atoms with Crippen LogP contribution in [0.3, 0.4) is 0 Å². The van der Waals surface area contributed by atoms with Crippen molar-refractivity contribution in [1.82, 2.24) is 4.98 Å². The van der Waals surface area contributed by atoms with Crippen molar-refractivity contribution in [2.24, 2.45) is 0 Å². The van der Waals surface area contributed by atoms with E-state index < -0.39 is 0 Å². The van der Waals surface area contributed by atoms with E-state index in [-0.39, 0.29) is 0 Å². The molecule has 0 N–H and O–H groups in total. The summed E-state index contributed by atoms with van der Waals surface area (Å²) in [5.74, 6) is 0. The van der Waals surface area contributed by atoms with Crippen molar-refractivity contribution in [3.05, 3.63) is 107 Å². The molecule has 0 spiro atoms. The summed E-state index contributed by atoms with van der Waals surface area (Å²) in [4.78, 5) is 6.29. The summed E-state index contributed by atoms with van der Waals surface area (Å²) in [5.41, 5.74) is 4.33. The molecule has 0 aliphatic carbocycles. The van der Waals surface area contributed by atoms with E-state index in [2.05, 4.69) is 51.7 Å². The van der Waals surface area contributed by atoms with Crippen LogP contribution in [0.4, 0.5) is 5.69 Å². The predicted molar refractivity (Wildman–Crippen MR) is 108 cm³/mol. The molecule has 4 rings (SSSR count). The van der Waals surface area contributed by atoms with Crippen LogP contribution in [-0.4, -0.2) is 4.98 Å². The largest absolute Gasteiger partial charge is 0.302 e. The van der Waals surface area contributed by atoms with Crippen LogP contribution in [0.5, 0.6) is 0 Å². The molecule has 2 nitrogen and oxygen atoms in total. The van der Waals surface area contributed by atoms with Gasteiger partial charge in [0.05, 0.1) is 10.7 Å². The first-order chi connectivity index (χ1) is 12.3. The Morgan fingerprint density at radius 1 is 0.840 bits per heavy atom. The highest BCUT2D eigenvalue weighted by Crippen LogP contribution is 2.46. The number of aromatic nitrogens is 1. The van der Waals surface area contributed by atoms with Crippen LogP contribution < -0.4 is 4.90 Å². The molecular weight excluding hydrogens is 348 g/mol. The van der Waals surface area contributed by atoms with Crippen LogP contribution in [0.15, 0.2) is 95.6 Å². The molecule has 0 unspecified atom stereocenters. The van der Waals surface area contributed by atoms with Crippen molar-refractivity contribution < 1.29 is 0 Å². The fourth-order valence-electron chi connectivity index (χ4n) is 2.74. The maximum absolute atomic E-state index is 6.77. The quantitative estimate of drug-likeness (QED) is 0.552. The van der Waals surface area contributed by atoms with Gasteiger partial charge in [0.2, 0.25) is 0 Å². The van der Waals surface area contributed by atoms with Crippen LogP contribution in [0.2, 0.25) is 0 Å². The summed E-state index contributed by atoms with van der Waals surface area (Å²) in [7, 11) is 0. The Bertz CT molecular complexity index is 922. The van der Waals surface area contributed by atoms with Gasteiger partial charge in [0.15, 0.2) is 0 Å². The van der Waals surface area contributed by atoms with Crippen molar-refractivity contribution in [2.45, 2.75) is 0 Å². The number of rotatable bonds is 3. The zero-order chi connectivity index (χ0) is 17.1. The lowest BCUT2D eigenvalue weighted by atomic mass is 10.1. The minimum Gasteiger partial charge on any atom is -0.302 e. The average Bonchev–Trinajstić information content (AvgIpc) is 3.14. The summed E-state index contributed by atoms with van der Waals surface area (Å²) >= 11 is 8.41. The van der Waals surface area contributed by atoms with E-state index >= 15 is 0 Å². The number of pyridine rings is 1. The molecule has 0 bridgehead atoms. The number of hydrogen-bond acceptors (Lipinski definition) is 3. The minimum atomic E-state index is 0.721. The second kappa shape index (κ2) is 7.18. The number of anilines is 1. The molecule has 4 heteroatoms. The molecule has 1 aromatic heterocycles. The average molecular weight is 363 g/mol. The third-order valence-electron chi connectivity index (χ3n) is 3.93. The second-order valence-corrected chi connectivity index (χ2v) is 6.75. The SMILES string of the molecule is Cl/C(=C1/SC=C(c2ccccc2)N1c1ccccc1)c1ccncc1. The topological polar surface area (TPSA) is 16.1 Å². The molecule has 0 fully saturated rings. The summed E-state index contributed by atoms with van der Waals surface area (Å²) in [6, 6.07) is 24.5. The zero-order valence-corrected chi connectivity index (χ0v) is 14.9. The van der Waals surface area contributed by atoms with E-state index in [0.717, 1.165) is 32.6 Å². The summed E-state index contributed by atoms with van der Waals surface area (Å²) in [6.07, 6.45) is 3.52. The fourth-order valence-corrected chi connectivity index (χ4v) is 4.08. The van der Waals surface area contributed by atoms with Crippen molar-refractivity contribution in [2.75, 3.05) is 4.90 Å². The Morgan fingerprint density at radius 2 is 1.48 bits per heavy atom. The van der Waals surface area contributed by atoms with Gasteiger partial charge in [0, 0.05) is 23.5 Å². The number of para-hydroxylation sites is 1. The maximum atomic E-state index is 6.77. The highest BCUT2D eigenvalue weighted by Gasteiger charge is 2.27. The first-order valence-electron chi connectivity index (χ1n) is 7.92. The van der Waals surface area contributed by atoms with Crippen molar-refractivity contribution in [1.29, 1.82) is 0 Å². The molecule has 0 amide bonds. The Labute approximate surface area is 156 Å². The van der Waals surface area contributed by atoms with Gasteiger partial charge < -0.3 is 4.90 Å². The van der Waals surface area contributed by atoms with Crippen LogP contribution >= 0.6 is 23.4 Å². The Hall–Kier alpha value is -2.49. The van der Waals surface area contributed by atoms with Crippen LogP contribution in [-0.2, 0) is 0 Å². The summed E-state index contributed by atoms with van der Waals surface area (Å²) in [5, 5.41) is 3.87. The first kappa shape index (κ1) is 16.0. The third kappa shape index (κ3) is 3.21. The minimum absolute atomic E-state index is 0.721. The normalized spacial score (nSPS) is 15.9. The van der Waals surface area contributed by atoms with Crippen molar-refractivity contribution in [3.8, 4) is 0 Å². The highest BCUT2D eigenvalue weighted by atomic mass is 35.5. The lowest BCUT2D eigenvalue weighted by Crippen LogP contribution is -2.16. The molecule has 0 atom stereocenters. The van der Waals surface area contributed by atoms with E-state index in [0.29, 0.717) is 0 Å². The molecule has 1 aliphatic heterocycles.